The summed E-state index contributed by atoms with van der Waals surface area (Å²) < 4.78 is 16.6. The third-order valence-electron chi connectivity index (χ3n) is 5.66. The molecular weight excluding hydrogens is 432 g/mol. The van der Waals surface area contributed by atoms with Gasteiger partial charge in [0.25, 0.3) is 17.5 Å². The maximum atomic E-state index is 13.2. The van der Waals surface area contributed by atoms with Crippen molar-refractivity contribution in [2.45, 2.75) is 44.4 Å². The van der Waals surface area contributed by atoms with Crippen molar-refractivity contribution in [3.63, 3.8) is 0 Å². The Hall–Kier alpha value is -3.31. The fraction of sp³-hybridized carbons (Fsp3) is 0.500. The Bertz CT molecular complexity index is 996. The molecule has 0 bridgehead atoms. The van der Waals surface area contributed by atoms with Gasteiger partial charge < -0.3 is 24.1 Å². The van der Waals surface area contributed by atoms with Crippen molar-refractivity contribution in [3.05, 3.63) is 57.8 Å². The Kier molecular flexibility index (Phi) is 7.30. The molecule has 33 heavy (non-hydrogen) atoms. The molecule has 4 rings (SSSR count). The summed E-state index contributed by atoms with van der Waals surface area (Å²) in [4.78, 5) is 41.8. The third-order valence-corrected chi connectivity index (χ3v) is 5.66. The van der Waals surface area contributed by atoms with Crippen LogP contribution >= 0.6 is 0 Å². The molecule has 2 saturated heterocycles. The lowest BCUT2D eigenvalue weighted by Gasteiger charge is -2.24. The van der Waals surface area contributed by atoms with Gasteiger partial charge in [0.1, 0.15) is 6.26 Å². The first-order valence-electron chi connectivity index (χ1n) is 11.0. The summed E-state index contributed by atoms with van der Waals surface area (Å²) in [7, 11) is 0. The maximum Gasteiger partial charge on any atom is 0.273 e. The van der Waals surface area contributed by atoms with Crippen LogP contribution in [0, 0.1) is 10.1 Å². The number of amides is 2. The van der Waals surface area contributed by atoms with Gasteiger partial charge in [0, 0.05) is 44.0 Å². The van der Waals surface area contributed by atoms with E-state index in [0.29, 0.717) is 19.8 Å². The number of nitro benzene ring substituents is 1. The molecule has 2 fully saturated rings. The van der Waals surface area contributed by atoms with Crippen molar-refractivity contribution >= 4 is 17.5 Å². The largest absolute Gasteiger partial charge is 0.446 e. The van der Waals surface area contributed by atoms with Gasteiger partial charge in [0.2, 0.25) is 5.89 Å². The minimum atomic E-state index is -0.545. The number of carbonyl (C=O) groups is 2. The first kappa shape index (κ1) is 22.9. The second-order valence-corrected chi connectivity index (χ2v) is 8.10. The van der Waals surface area contributed by atoms with E-state index in [1.807, 2.05) is 0 Å². The summed E-state index contributed by atoms with van der Waals surface area (Å²) in [6.07, 6.45) is 4.71. The molecule has 2 aliphatic heterocycles. The standard InChI is InChI=1S/C22H26N4O7/c27-21(23-11-17-6-2-8-31-17)19-14-33-20(24-19)13-25(12-18-7-3-9-32-18)22(28)15-4-1-5-16(10-15)26(29)30/h1,4-5,10,14,17-18H,2-3,6-9,11-13H2,(H,23,27). The molecule has 1 aromatic heterocycles. The molecule has 2 atom stereocenters. The smallest absolute Gasteiger partial charge is 0.273 e. The number of oxazole rings is 1. The molecule has 11 heteroatoms. The van der Waals surface area contributed by atoms with Crippen LogP contribution in [-0.2, 0) is 16.0 Å². The first-order valence-corrected chi connectivity index (χ1v) is 11.0. The molecule has 2 aliphatic rings. The second-order valence-electron chi connectivity index (χ2n) is 8.10. The van der Waals surface area contributed by atoms with Crippen molar-refractivity contribution in [1.82, 2.24) is 15.2 Å². The van der Waals surface area contributed by atoms with Gasteiger partial charge in [-0.3, -0.25) is 19.7 Å². The average molecular weight is 458 g/mol. The molecule has 2 aromatic rings. The summed E-state index contributed by atoms with van der Waals surface area (Å²) in [5.74, 6) is -0.595. The van der Waals surface area contributed by atoms with E-state index < -0.39 is 10.8 Å². The molecular formula is C22H26N4O7. The van der Waals surface area contributed by atoms with Gasteiger partial charge in [-0.15, -0.1) is 0 Å². The van der Waals surface area contributed by atoms with E-state index in [2.05, 4.69) is 10.3 Å². The third kappa shape index (κ3) is 5.93. The van der Waals surface area contributed by atoms with E-state index in [1.54, 1.807) is 0 Å². The van der Waals surface area contributed by atoms with E-state index in [4.69, 9.17) is 13.9 Å². The molecule has 11 nitrogen and oxygen atoms in total. The number of aromatic nitrogens is 1. The zero-order valence-corrected chi connectivity index (χ0v) is 18.1. The predicted octanol–water partition coefficient (Wildman–Crippen LogP) is 2.31. The van der Waals surface area contributed by atoms with E-state index in [1.165, 1.54) is 35.4 Å². The van der Waals surface area contributed by atoms with Crippen LogP contribution in [0.15, 0.2) is 34.9 Å². The summed E-state index contributed by atoms with van der Waals surface area (Å²) in [6.45, 7) is 2.01. The molecule has 0 saturated carbocycles. The van der Waals surface area contributed by atoms with Crippen molar-refractivity contribution in [2.75, 3.05) is 26.3 Å². The van der Waals surface area contributed by atoms with E-state index in [-0.39, 0.29) is 54.0 Å². The molecule has 3 heterocycles. The molecule has 0 spiro atoms. The van der Waals surface area contributed by atoms with Gasteiger partial charge in [-0.1, -0.05) is 6.07 Å². The Morgan fingerprint density at radius 2 is 1.94 bits per heavy atom. The van der Waals surface area contributed by atoms with Gasteiger partial charge >= 0.3 is 0 Å². The van der Waals surface area contributed by atoms with E-state index in [9.17, 15) is 19.7 Å². The highest BCUT2D eigenvalue weighted by atomic mass is 16.6. The molecule has 1 aromatic carbocycles. The quantitative estimate of drug-likeness (QED) is 0.446. The fourth-order valence-electron chi connectivity index (χ4n) is 3.94. The van der Waals surface area contributed by atoms with Gasteiger partial charge in [0.05, 0.1) is 23.7 Å². The Morgan fingerprint density at radius 1 is 1.18 bits per heavy atom. The number of rotatable bonds is 9. The van der Waals surface area contributed by atoms with E-state index >= 15 is 0 Å². The van der Waals surface area contributed by atoms with Crippen molar-refractivity contribution in [1.29, 1.82) is 0 Å². The van der Waals surface area contributed by atoms with Gasteiger partial charge in [-0.25, -0.2) is 4.98 Å². The van der Waals surface area contributed by atoms with Gasteiger partial charge in [-0.05, 0) is 31.7 Å². The number of hydrogen-bond donors (Lipinski definition) is 1. The van der Waals surface area contributed by atoms with E-state index in [0.717, 1.165) is 25.7 Å². The number of ether oxygens (including phenoxy) is 2. The molecule has 0 aliphatic carbocycles. The zero-order valence-electron chi connectivity index (χ0n) is 18.1. The summed E-state index contributed by atoms with van der Waals surface area (Å²) in [5.41, 5.74) is 0.130. The second kappa shape index (κ2) is 10.5. The zero-order chi connectivity index (χ0) is 23.2. The van der Waals surface area contributed by atoms with Crippen LogP contribution in [0.3, 0.4) is 0 Å². The lowest BCUT2D eigenvalue weighted by molar-refractivity contribution is -0.384. The van der Waals surface area contributed by atoms with Crippen LogP contribution in [0.5, 0.6) is 0 Å². The number of hydrogen-bond acceptors (Lipinski definition) is 8. The van der Waals surface area contributed by atoms with Crippen LogP contribution < -0.4 is 5.32 Å². The normalized spacial score (nSPS) is 20.0. The minimum Gasteiger partial charge on any atom is -0.446 e. The lowest BCUT2D eigenvalue weighted by Crippen LogP contribution is -2.37. The predicted molar refractivity (Wildman–Crippen MR) is 115 cm³/mol. The number of carbonyl (C=O) groups excluding carboxylic acids is 2. The van der Waals surface area contributed by atoms with Crippen LogP contribution in [0.1, 0.15) is 52.4 Å². The van der Waals surface area contributed by atoms with Crippen LogP contribution in [-0.4, -0.2) is 65.1 Å². The van der Waals surface area contributed by atoms with Gasteiger partial charge in [-0.2, -0.15) is 0 Å². The van der Waals surface area contributed by atoms with Crippen molar-refractivity contribution in [3.8, 4) is 0 Å². The number of nitrogens with one attached hydrogen (secondary N) is 1. The Morgan fingerprint density at radius 3 is 2.64 bits per heavy atom. The minimum absolute atomic E-state index is 0.000398. The highest BCUT2D eigenvalue weighted by Gasteiger charge is 2.26. The Labute approximate surface area is 190 Å². The highest BCUT2D eigenvalue weighted by Crippen LogP contribution is 2.20. The summed E-state index contributed by atoms with van der Waals surface area (Å²) in [6, 6.07) is 5.57. The topological polar surface area (TPSA) is 137 Å². The SMILES string of the molecule is O=C(NCC1CCCO1)c1coc(CN(CC2CCCO2)C(=O)c2cccc([N+](=O)[O-])c2)n1. The first-order chi connectivity index (χ1) is 16.0. The van der Waals surface area contributed by atoms with Crippen molar-refractivity contribution < 1.29 is 28.4 Å². The van der Waals surface area contributed by atoms with Crippen LogP contribution in [0.4, 0.5) is 5.69 Å². The van der Waals surface area contributed by atoms with Crippen molar-refractivity contribution in [2.24, 2.45) is 0 Å². The number of benzene rings is 1. The maximum absolute atomic E-state index is 13.2. The van der Waals surface area contributed by atoms with Crippen LogP contribution in [0.25, 0.3) is 0 Å². The average Bonchev–Trinajstić information content (AvgIpc) is 3.60. The molecule has 0 radical (unpaired) electrons. The molecule has 2 amide bonds. The highest BCUT2D eigenvalue weighted by molar-refractivity contribution is 5.95. The molecule has 176 valence electrons. The fourth-order valence-corrected chi connectivity index (χ4v) is 3.94. The Balaban J connectivity index is 1.45. The number of nitro groups is 1. The van der Waals surface area contributed by atoms with Crippen LogP contribution in [0.2, 0.25) is 0 Å². The lowest BCUT2D eigenvalue weighted by atomic mass is 10.1. The summed E-state index contributed by atoms with van der Waals surface area (Å²) in [5, 5.41) is 13.9. The summed E-state index contributed by atoms with van der Waals surface area (Å²) >= 11 is 0. The number of non-ortho nitro benzene ring substituents is 1. The van der Waals surface area contributed by atoms with Gasteiger partial charge in [0.15, 0.2) is 5.69 Å². The molecule has 2 unspecified atom stereocenters. The number of nitrogens with zero attached hydrogens (tertiary/aromatic N) is 3. The molecule has 1 N–H and O–H groups in total. The monoisotopic (exact) mass is 458 g/mol.